The lowest BCUT2D eigenvalue weighted by atomic mass is 10.2. The molecule has 1 amide bonds. The van der Waals surface area contributed by atoms with Gasteiger partial charge in [-0.2, -0.15) is 0 Å². The fourth-order valence-electron chi connectivity index (χ4n) is 3.05. The molecule has 0 radical (unpaired) electrons. The summed E-state index contributed by atoms with van der Waals surface area (Å²) in [5, 5.41) is 3.43. The van der Waals surface area contributed by atoms with Crippen LogP contribution in [0.4, 0.5) is 0 Å². The number of hydrogen-bond acceptors (Lipinski definition) is 4. The van der Waals surface area contributed by atoms with Gasteiger partial charge in [0.1, 0.15) is 0 Å². The number of aryl methyl sites for hydroxylation is 1. The summed E-state index contributed by atoms with van der Waals surface area (Å²) < 4.78 is 1.71. The number of rotatable bonds is 5. The molecule has 1 fully saturated rings. The van der Waals surface area contributed by atoms with Gasteiger partial charge in [-0.05, 0) is 31.9 Å². The van der Waals surface area contributed by atoms with E-state index in [2.05, 4.69) is 10.3 Å². The van der Waals surface area contributed by atoms with E-state index in [1.54, 1.807) is 4.57 Å². The summed E-state index contributed by atoms with van der Waals surface area (Å²) in [5.41, 5.74) is 1.50. The van der Waals surface area contributed by atoms with Gasteiger partial charge in [0.25, 0.3) is 5.56 Å². The van der Waals surface area contributed by atoms with Crippen LogP contribution in [0.5, 0.6) is 0 Å². The molecule has 23 heavy (non-hydrogen) atoms. The van der Waals surface area contributed by atoms with Gasteiger partial charge >= 0.3 is 0 Å². The molecule has 1 saturated carbocycles. The van der Waals surface area contributed by atoms with Crippen LogP contribution in [0.1, 0.15) is 32.6 Å². The van der Waals surface area contributed by atoms with Gasteiger partial charge < -0.3 is 9.88 Å². The maximum Gasteiger partial charge on any atom is 0.283 e. The Morgan fingerprint density at radius 2 is 2.09 bits per heavy atom. The average molecular weight is 331 g/mol. The van der Waals surface area contributed by atoms with Crippen LogP contribution in [0.25, 0.3) is 11.0 Å². The summed E-state index contributed by atoms with van der Waals surface area (Å²) in [4.78, 5) is 29.0. The molecule has 0 unspecified atom stereocenters. The smallest absolute Gasteiger partial charge is 0.283 e. The second-order valence-electron chi connectivity index (χ2n) is 5.79. The molecule has 0 atom stereocenters. The average Bonchev–Trinajstić information content (AvgIpc) is 3.06. The number of nitrogens with zero attached hydrogens (tertiary/aromatic N) is 2. The van der Waals surface area contributed by atoms with Gasteiger partial charge in [0, 0.05) is 12.6 Å². The highest BCUT2D eigenvalue weighted by molar-refractivity contribution is 7.99. The summed E-state index contributed by atoms with van der Waals surface area (Å²) in [5.74, 6) is 0.222. The summed E-state index contributed by atoms with van der Waals surface area (Å²) in [6, 6.07) is 7.90. The van der Waals surface area contributed by atoms with Crippen molar-refractivity contribution in [3.8, 4) is 0 Å². The van der Waals surface area contributed by atoms with E-state index >= 15 is 0 Å². The molecule has 0 saturated heterocycles. The van der Waals surface area contributed by atoms with Gasteiger partial charge in [-0.25, -0.2) is 4.98 Å². The minimum absolute atomic E-state index is 0.0145. The van der Waals surface area contributed by atoms with E-state index in [1.165, 1.54) is 24.6 Å². The molecule has 122 valence electrons. The molecule has 1 aliphatic rings. The highest BCUT2D eigenvalue weighted by Gasteiger charge is 2.18. The highest BCUT2D eigenvalue weighted by Crippen LogP contribution is 2.19. The molecule has 0 aliphatic heterocycles. The number of para-hydroxylation sites is 2. The maximum absolute atomic E-state index is 12.5. The number of carbonyl (C=O) groups excluding carboxylic acids is 1. The lowest BCUT2D eigenvalue weighted by molar-refractivity contribution is -0.119. The lowest BCUT2D eigenvalue weighted by Gasteiger charge is -2.12. The number of aromatic nitrogens is 2. The van der Waals surface area contributed by atoms with Crippen molar-refractivity contribution in [3.05, 3.63) is 34.6 Å². The van der Waals surface area contributed by atoms with Crippen molar-refractivity contribution in [2.45, 2.75) is 50.2 Å². The Hall–Kier alpha value is -1.82. The molecule has 0 spiro atoms. The first-order valence-corrected chi connectivity index (χ1v) is 9.09. The van der Waals surface area contributed by atoms with Gasteiger partial charge in [0.2, 0.25) is 5.91 Å². The minimum Gasteiger partial charge on any atom is -0.353 e. The van der Waals surface area contributed by atoms with Crippen molar-refractivity contribution in [2.24, 2.45) is 0 Å². The van der Waals surface area contributed by atoms with Crippen molar-refractivity contribution in [1.29, 1.82) is 0 Å². The predicted octanol–water partition coefficient (Wildman–Crippen LogP) is 2.57. The van der Waals surface area contributed by atoms with Gasteiger partial charge in [-0.3, -0.25) is 9.59 Å². The molecule has 2 aromatic rings. The number of hydrogen-bond donors (Lipinski definition) is 1. The second kappa shape index (κ2) is 7.17. The Morgan fingerprint density at radius 1 is 1.35 bits per heavy atom. The quantitative estimate of drug-likeness (QED) is 0.855. The van der Waals surface area contributed by atoms with Gasteiger partial charge in [-0.1, -0.05) is 36.7 Å². The van der Waals surface area contributed by atoms with Gasteiger partial charge in [0.15, 0.2) is 5.03 Å². The normalized spacial score (nSPS) is 15.2. The van der Waals surface area contributed by atoms with Crippen LogP contribution < -0.4 is 10.9 Å². The number of amides is 1. The van der Waals surface area contributed by atoms with Gasteiger partial charge in [0.05, 0.1) is 16.8 Å². The molecule has 1 aromatic carbocycles. The fraction of sp³-hybridized carbons (Fsp3) is 0.471. The van der Waals surface area contributed by atoms with Crippen molar-refractivity contribution >= 4 is 28.7 Å². The molecule has 6 heteroatoms. The molecular formula is C17H21N3O2S. The third kappa shape index (κ3) is 3.58. The third-order valence-electron chi connectivity index (χ3n) is 4.20. The molecule has 0 bridgehead atoms. The number of nitrogens with one attached hydrogen (secondary N) is 1. The first-order chi connectivity index (χ1) is 11.2. The Labute approximate surface area is 139 Å². The van der Waals surface area contributed by atoms with Crippen LogP contribution >= 0.6 is 11.8 Å². The van der Waals surface area contributed by atoms with E-state index < -0.39 is 0 Å². The van der Waals surface area contributed by atoms with Crippen LogP contribution in [-0.4, -0.2) is 27.3 Å². The number of fused-ring (bicyclic) bond motifs is 1. The topological polar surface area (TPSA) is 64.0 Å². The zero-order chi connectivity index (χ0) is 16.2. The van der Waals surface area contributed by atoms with E-state index in [-0.39, 0.29) is 17.2 Å². The first kappa shape index (κ1) is 16.1. The first-order valence-electron chi connectivity index (χ1n) is 8.10. The molecule has 1 N–H and O–H groups in total. The van der Waals surface area contributed by atoms with E-state index in [9.17, 15) is 9.59 Å². The summed E-state index contributed by atoms with van der Waals surface area (Å²) >= 11 is 1.23. The fourth-order valence-corrected chi connectivity index (χ4v) is 3.80. The van der Waals surface area contributed by atoms with E-state index in [0.717, 1.165) is 23.9 Å². The summed E-state index contributed by atoms with van der Waals surface area (Å²) in [6.07, 6.45) is 4.50. The van der Waals surface area contributed by atoms with Crippen molar-refractivity contribution in [2.75, 3.05) is 5.75 Å². The molecule has 1 aromatic heterocycles. The standard InChI is InChI=1S/C17H21N3O2S/c1-2-20-14-10-6-5-9-13(14)19-16(17(20)22)23-11-15(21)18-12-7-3-4-8-12/h5-6,9-10,12H,2-4,7-8,11H2,1H3,(H,18,21). The monoisotopic (exact) mass is 331 g/mol. The van der Waals surface area contributed by atoms with E-state index in [1.807, 2.05) is 31.2 Å². The minimum atomic E-state index is -0.120. The lowest BCUT2D eigenvalue weighted by Crippen LogP contribution is -2.34. The van der Waals surface area contributed by atoms with E-state index in [4.69, 9.17) is 0 Å². The maximum atomic E-state index is 12.5. The molecule has 5 nitrogen and oxygen atoms in total. The largest absolute Gasteiger partial charge is 0.353 e. The van der Waals surface area contributed by atoms with Crippen LogP contribution in [0.2, 0.25) is 0 Å². The number of carbonyl (C=O) groups is 1. The van der Waals surface area contributed by atoms with Crippen molar-refractivity contribution in [3.63, 3.8) is 0 Å². The highest BCUT2D eigenvalue weighted by atomic mass is 32.2. The van der Waals surface area contributed by atoms with Crippen molar-refractivity contribution < 1.29 is 4.79 Å². The van der Waals surface area contributed by atoms with Crippen LogP contribution in [-0.2, 0) is 11.3 Å². The summed E-state index contributed by atoms with van der Waals surface area (Å²) in [7, 11) is 0. The van der Waals surface area contributed by atoms with Crippen LogP contribution in [0.15, 0.2) is 34.1 Å². The SMILES string of the molecule is CCn1c(=O)c(SCC(=O)NC2CCCC2)nc2ccccc21. The summed E-state index contributed by atoms with van der Waals surface area (Å²) in [6.45, 7) is 2.53. The number of thioether (sulfide) groups is 1. The molecule has 1 heterocycles. The zero-order valence-corrected chi connectivity index (χ0v) is 14.1. The Morgan fingerprint density at radius 3 is 2.83 bits per heavy atom. The van der Waals surface area contributed by atoms with Gasteiger partial charge in [-0.15, -0.1) is 0 Å². The Balaban J connectivity index is 1.76. The van der Waals surface area contributed by atoms with Crippen molar-refractivity contribution in [1.82, 2.24) is 14.9 Å². The molecule has 3 rings (SSSR count). The van der Waals surface area contributed by atoms with Crippen LogP contribution in [0, 0.1) is 0 Å². The zero-order valence-electron chi connectivity index (χ0n) is 13.2. The molecule has 1 aliphatic carbocycles. The Bertz CT molecular complexity index is 766. The van der Waals surface area contributed by atoms with E-state index in [0.29, 0.717) is 17.6 Å². The number of benzene rings is 1. The Kier molecular flexibility index (Phi) is 5.00. The second-order valence-corrected chi connectivity index (χ2v) is 6.76. The van der Waals surface area contributed by atoms with Crippen LogP contribution in [0.3, 0.4) is 0 Å². The predicted molar refractivity (Wildman–Crippen MR) is 92.8 cm³/mol. The third-order valence-corrected chi connectivity index (χ3v) is 5.14. The molecular weight excluding hydrogens is 310 g/mol.